The highest BCUT2D eigenvalue weighted by atomic mass is 16.5. The third-order valence-corrected chi connectivity index (χ3v) is 5.67. The fourth-order valence-electron chi connectivity index (χ4n) is 3.74. The molecule has 0 aliphatic carbocycles. The van der Waals surface area contributed by atoms with Gasteiger partial charge >= 0.3 is 6.03 Å². The summed E-state index contributed by atoms with van der Waals surface area (Å²) in [5, 5.41) is 2.87. The van der Waals surface area contributed by atoms with Gasteiger partial charge in [0.05, 0.1) is 26.5 Å². The molecule has 0 radical (unpaired) electrons. The Morgan fingerprint density at radius 1 is 1.07 bits per heavy atom. The number of rotatable bonds is 10. The Bertz CT molecular complexity index is 688. The molecule has 160 valence electrons. The first-order chi connectivity index (χ1) is 14.0. The first kappa shape index (κ1) is 21.6. The second-order valence-corrected chi connectivity index (χ2v) is 7.95. The summed E-state index contributed by atoms with van der Waals surface area (Å²) in [6, 6.07) is 7.12. The molecule has 1 N–H and O–H groups in total. The van der Waals surface area contributed by atoms with Crippen molar-refractivity contribution in [3.05, 3.63) is 29.8 Å². The molecule has 7 heteroatoms. The summed E-state index contributed by atoms with van der Waals surface area (Å²) in [5.41, 5.74) is -0.294. The zero-order chi connectivity index (χ0) is 20.7. The Hall–Kier alpha value is -2.12. The Balaban J connectivity index is 1.56. The van der Waals surface area contributed by atoms with Crippen LogP contribution in [0.4, 0.5) is 4.79 Å². The lowest BCUT2D eigenvalue weighted by Crippen LogP contribution is -2.47. The van der Waals surface area contributed by atoms with Crippen LogP contribution in [0.5, 0.6) is 5.75 Å². The third kappa shape index (κ3) is 5.28. The van der Waals surface area contributed by atoms with E-state index in [0.29, 0.717) is 26.5 Å². The highest BCUT2D eigenvalue weighted by Gasteiger charge is 2.49. The molecule has 0 unspecified atom stereocenters. The van der Waals surface area contributed by atoms with Crippen LogP contribution in [0.2, 0.25) is 0 Å². The Kier molecular flexibility index (Phi) is 7.50. The molecule has 2 fully saturated rings. The molecule has 0 spiro atoms. The molecule has 2 heterocycles. The van der Waals surface area contributed by atoms with Gasteiger partial charge in [-0.15, -0.1) is 0 Å². The third-order valence-electron chi connectivity index (χ3n) is 5.67. The van der Waals surface area contributed by atoms with Crippen molar-refractivity contribution in [3.8, 4) is 5.75 Å². The lowest BCUT2D eigenvalue weighted by molar-refractivity contribution is -0.133. The van der Waals surface area contributed by atoms with Crippen molar-refractivity contribution in [2.45, 2.75) is 51.5 Å². The standard InChI is InChI=1S/C22H33N3O4/c1-3-4-5-6-7-14-29-19-10-8-18(9-11-19)22(2)20(26)25(21(27)23-22)17-24-12-15-28-16-13-24/h8-11H,3-7,12-17H2,1-2H3,(H,23,27)/t22-/m0/s1. The number of unbranched alkanes of at least 4 members (excludes halogenated alkanes) is 4. The number of nitrogens with one attached hydrogen (secondary N) is 1. The van der Waals surface area contributed by atoms with Crippen molar-refractivity contribution in [3.63, 3.8) is 0 Å². The van der Waals surface area contributed by atoms with Crippen LogP contribution in [0.1, 0.15) is 51.5 Å². The summed E-state index contributed by atoms with van der Waals surface area (Å²) in [7, 11) is 0. The van der Waals surface area contributed by atoms with E-state index in [1.54, 1.807) is 6.92 Å². The van der Waals surface area contributed by atoms with Gasteiger partial charge in [0.2, 0.25) is 0 Å². The van der Waals surface area contributed by atoms with Crippen molar-refractivity contribution in [1.29, 1.82) is 0 Å². The summed E-state index contributed by atoms with van der Waals surface area (Å²) in [6.07, 6.45) is 5.99. The molecule has 3 amide bonds. The molecule has 3 rings (SSSR count). The number of hydrogen-bond donors (Lipinski definition) is 1. The van der Waals surface area contributed by atoms with E-state index in [1.165, 1.54) is 30.6 Å². The fraction of sp³-hybridized carbons (Fsp3) is 0.636. The minimum Gasteiger partial charge on any atom is -0.494 e. The van der Waals surface area contributed by atoms with Crippen LogP contribution in [0.25, 0.3) is 0 Å². The Morgan fingerprint density at radius 3 is 2.45 bits per heavy atom. The van der Waals surface area contributed by atoms with Gasteiger partial charge < -0.3 is 14.8 Å². The van der Waals surface area contributed by atoms with Gasteiger partial charge in [-0.1, -0.05) is 44.7 Å². The second-order valence-electron chi connectivity index (χ2n) is 7.95. The van der Waals surface area contributed by atoms with Crippen molar-refractivity contribution in [1.82, 2.24) is 15.1 Å². The predicted octanol–water partition coefficient (Wildman–Crippen LogP) is 3.09. The predicted molar refractivity (Wildman–Crippen MR) is 111 cm³/mol. The molecule has 29 heavy (non-hydrogen) atoms. The molecular formula is C22H33N3O4. The molecular weight excluding hydrogens is 370 g/mol. The molecule has 2 aliphatic heterocycles. The van der Waals surface area contributed by atoms with Crippen LogP contribution in [0, 0.1) is 0 Å². The molecule has 2 saturated heterocycles. The van der Waals surface area contributed by atoms with E-state index in [-0.39, 0.29) is 11.9 Å². The van der Waals surface area contributed by atoms with Gasteiger partial charge in [0, 0.05) is 13.1 Å². The zero-order valence-corrected chi connectivity index (χ0v) is 17.6. The number of urea groups is 1. The number of carbonyl (C=O) groups excluding carboxylic acids is 2. The first-order valence-electron chi connectivity index (χ1n) is 10.7. The molecule has 1 atom stereocenters. The summed E-state index contributed by atoms with van der Waals surface area (Å²) in [5.74, 6) is 0.563. The van der Waals surface area contributed by atoms with Crippen LogP contribution in [-0.2, 0) is 15.1 Å². The van der Waals surface area contributed by atoms with Crippen molar-refractivity contribution in [2.75, 3.05) is 39.6 Å². The Morgan fingerprint density at radius 2 is 1.76 bits per heavy atom. The Labute approximate surface area is 173 Å². The number of carbonyl (C=O) groups is 2. The minimum absolute atomic E-state index is 0.224. The van der Waals surface area contributed by atoms with Gasteiger partial charge in [-0.3, -0.25) is 9.69 Å². The topological polar surface area (TPSA) is 71.1 Å². The largest absolute Gasteiger partial charge is 0.494 e. The van der Waals surface area contributed by atoms with Crippen LogP contribution < -0.4 is 10.1 Å². The lowest BCUT2D eigenvalue weighted by atomic mass is 9.92. The van der Waals surface area contributed by atoms with E-state index in [2.05, 4.69) is 17.1 Å². The highest BCUT2D eigenvalue weighted by Crippen LogP contribution is 2.30. The van der Waals surface area contributed by atoms with Crippen molar-refractivity contribution >= 4 is 11.9 Å². The number of amides is 3. The number of hydrogen-bond acceptors (Lipinski definition) is 5. The SMILES string of the molecule is CCCCCCCOc1ccc([C@]2(C)NC(=O)N(CN3CCOCC3)C2=O)cc1. The van der Waals surface area contributed by atoms with Gasteiger partial charge in [-0.05, 0) is 31.0 Å². The maximum Gasteiger partial charge on any atom is 0.326 e. The summed E-state index contributed by atoms with van der Waals surface area (Å²) in [6.45, 7) is 7.65. The van der Waals surface area contributed by atoms with Crippen molar-refractivity contribution in [2.24, 2.45) is 0 Å². The van der Waals surface area contributed by atoms with Crippen LogP contribution in [0.15, 0.2) is 24.3 Å². The van der Waals surface area contributed by atoms with E-state index in [0.717, 1.165) is 30.8 Å². The maximum absolute atomic E-state index is 13.0. The highest BCUT2D eigenvalue weighted by molar-refractivity contribution is 6.07. The van der Waals surface area contributed by atoms with Gasteiger partial charge in [0.25, 0.3) is 5.91 Å². The quantitative estimate of drug-likeness (QED) is 0.480. The number of nitrogens with zero attached hydrogens (tertiary/aromatic N) is 2. The maximum atomic E-state index is 13.0. The summed E-state index contributed by atoms with van der Waals surface area (Å²) < 4.78 is 11.1. The monoisotopic (exact) mass is 403 g/mol. The van der Waals surface area contributed by atoms with Gasteiger partial charge in [0.1, 0.15) is 11.3 Å². The average molecular weight is 404 g/mol. The molecule has 7 nitrogen and oxygen atoms in total. The van der Waals surface area contributed by atoms with E-state index in [1.807, 2.05) is 24.3 Å². The molecule has 0 saturated carbocycles. The molecule has 1 aromatic rings. The molecule has 2 aliphatic rings. The molecule has 1 aromatic carbocycles. The van der Waals surface area contributed by atoms with E-state index in [4.69, 9.17) is 9.47 Å². The number of imide groups is 1. The average Bonchev–Trinajstić information content (AvgIpc) is 2.96. The second kappa shape index (κ2) is 10.1. The molecule has 0 bridgehead atoms. The number of ether oxygens (including phenoxy) is 2. The lowest BCUT2D eigenvalue weighted by Gasteiger charge is -2.30. The normalized spacial score (nSPS) is 22.8. The molecule has 0 aromatic heterocycles. The van der Waals surface area contributed by atoms with E-state index < -0.39 is 5.54 Å². The van der Waals surface area contributed by atoms with Crippen LogP contribution in [0.3, 0.4) is 0 Å². The van der Waals surface area contributed by atoms with E-state index in [9.17, 15) is 9.59 Å². The van der Waals surface area contributed by atoms with Crippen LogP contribution in [-0.4, -0.2) is 61.3 Å². The fourth-order valence-corrected chi connectivity index (χ4v) is 3.74. The van der Waals surface area contributed by atoms with E-state index >= 15 is 0 Å². The van der Waals surface area contributed by atoms with Crippen molar-refractivity contribution < 1.29 is 19.1 Å². The number of morpholine rings is 1. The van der Waals surface area contributed by atoms with Gasteiger partial charge in [0.15, 0.2) is 0 Å². The zero-order valence-electron chi connectivity index (χ0n) is 17.6. The number of benzene rings is 1. The summed E-state index contributed by atoms with van der Waals surface area (Å²) in [4.78, 5) is 28.9. The smallest absolute Gasteiger partial charge is 0.326 e. The van der Waals surface area contributed by atoms with Gasteiger partial charge in [-0.25, -0.2) is 9.69 Å². The van der Waals surface area contributed by atoms with Gasteiger partial charge in [-0.2, -0.15) is 0 Å². The summed E-state index contributed by atoms with van der Waals surface area (Å²) >= 11 is 0. The first-order valence-corrected chi connectivity index (χ1v) is 10.7. The minimum atomic E-state index is -1.05. The van der Waals surface area contributed by atoms with Crippen LogP contribution >= 0.6 is 0 Å².